The summed E-state index contributed by atoms with van der Waals surface area (Å²) in [5, 5.41) is 3.21. The van der Waals surface area contributed by atoms with Gasteiger partial charge in [0.25, 0.3) is 0 Å². The molecule has 1 aliphatic carbocycles. The highest BCUT2D eigenvalue weighted by atomic mass is 15.1. The van der Waals surface area contributed by atoms with Gasteiger partial charge in [0.1, 0.15) is 0 Å². The van der Waals surface area contributed by atoms with Gasteiger partial charge in [-0.2, -0.15) is 0 Å². The molecule has 3 N–H and O–H groups in total. The molecule has 3 nitrogen and oxygen atoms in total. The van der Waals surface area contributed by atoms with Crippen molar-refractivity contribution in [2.24, 2.45) is 22.6 Å². The molecule has 0 amide bonds. The summed E-state index contributed by atoms with van der Waals surface area (Å²) in [6.45, 7) is 7.53. The summed E-state index contributed by atoms with van der Waals surface area (Å²) in [6, 6.07) is 0.426. The second kappa shape index (κ2) is 6.77. The Hall–Kier alpha value is -0.730. The predicted molar refractivity (Wildman–Crippen MR) is 70.5 cm³/mol. The molecule has 0 aromatic carbocycles. The molecule has 1 unspecified atom stereocenters. The molecular formula is C13H27N3. The van der Waals surface area contributed by atoms with Crippen molar-refractivity contribution < 1.29 is 0 Å². The van der Waals surface area contributed by atoms with Crippen molar-refractivity contribution in [2.75, 3.05) is 6.54 Å². The number of nitrogens with zero attached hydrogens (tertiary/aromatic N) is 1. The Morgan fingerprint density at radius 1 is 1.38 bits per heavy atom. The molecule has 1 rings (SSSR count). The molecule has 0 aliphatic heterocycles. The van der Waals surface area contributed by atoms with Crippen LogP contribution in [0, 0.1) is 11.8 Å². The molecule has 0 bridgehead atoms. The van der Waals surface area contributed by atoms with E-state index in [9.17, 15) is 0 Å². The lowest BCUT2D eigenvalue weighted by atomic mass is 9.83. The third-order valence-electron chi connectivity index (χ3n) is 3.66. The van der Waals surface area contributed by atoms with Crippen molar-refractivity contribution >= 4 is 5.96 Å². The van der Waals surface area contributed by atoms with Gasteiger partial charge in [-0.3, -0.25) is 4.99 Å². The highest BCUT2D eigenvalue weighted by molar-refractivity contribution is 5.78. The van der Waals surface area contributed by atoms with E-state index in [0.717, 1.165) is 24.8 Å². The standard InChI is InChI=1S/C13H27N3/c1-4-11(3)16-13(14)15-9-12-7-5-10(2)6-8-12/h10-12H,4-9H2,1-3H3,(H3,14,15,16). The van der Waals surface area contributed by atoms with Gasteiger partial charge in [0.15, 0.2) is 5.96 Å². The van der Waals surface area contributed by atoms with Gasteiger partial charge in [0, 0.05) is 12.6 Å². The van der Waals surface area contributed by atoms with E-state index < -0.39 is 0 Å². The van der Waals surface area contributed by atoms with Crippen LogP contribution in [0.15, 0.2) is 4.99 Å². The van der Waals surface area contributed by atoms with E-state index in [-0.39, 0.29) is 0 Å². The highest BCUT2D eigenvalue weighted by Gasteiger charge is 2.17. The molecule has 0 saturated heterocycles. The van der Waals surface area contributed by atoms with Gasteiger partial charge in [0.2, 0.25) is 0 Å². The quantitative estimate of drug-likeness (QED) is 0.570. The Bertz CT molecular complexity index is 217. The average molecular weight is 225 g/mol. The topological polar surface area (TPSA) is 50.4 Å². The summed E-state index contributed by atoms with van der Waals surface area (Å²) in [5.74, 6) is 2.29. The lowest BCUT2D eigenvalue weighted by Crippen LogP contribution is -2.38. The van der Waals surface area contributed by atoms with Crippen LogP contribution >= 0.6 is 0 Å². The third kappa shape index (κ3) is 4.86. The lowest BCUT2D eigenvalue weighted by molar-refractivity contribution is 0.296. The minimum absolute atomic E-state index is 0.426. The first-order chi connectivity index (χ1) is 7.61. The van der Waals surface area contributed by atoms with Crippen molar-refractivity contribution in [3.05, 3.63) is 0 Å². The van der Waals surface area contributed by atoms with Crippen LogP contribution < -0.4 is 11.1 Å². The number of aliphatic imine (C=N–C) groups is 1. The molecule has 1 saturated carbocycles. The van der Waals surface area contributed by atoms with Crippen molar-refractivity contribution in [2.45, 2.75) is 58.9 Å². The molecule has 94 valence electrons. The molecule has 0 aromatic rings. The van der Waals surface area contributed by atoms with Gasteiger partial charge >= 0.3 is 0 Å². The first kappa shape index (κ1) is 13.3. The second-order valence-electron chi connectivity index (χ2n) is 5.31. The summed E-state index contributed by atoms with van der Waals surface area (Å²) in [5.41, 5.74) is 5.83. The van der Waals surface area contributed by atoms with Gasteiger partial charge < -0.3 is 11.1 Å². The van der Waals surface area contributed by atoms with Crippen molar-refractivity contribution in [1.82, 2.24) is 5.32 Å². The largest absolute Gasteiger partial charge is 0.370 e. The smallest absolute Gasteiger partial charge is 0.188 e. The van der Waals surface area contributed by atoms with Gasteiger partial charge in [-0.25, -0.2) is 0 Å². The number of rotatable bonds is 4. The zero-order valence-corrected chi connectivity index (χ0v) is 11.0. The molecule has 0 heterocycles. The molecule has 0 radical (unpaired) electrons. The fraction of sp³-hybridized carbons (Fsp3) is 0.923. The van der Waals surface area contributed by atoms with E-state index in [2.05, 4.69) is 31.1 Å². The first-order valence-electron chi connectivity index (χ1n) is 6.68. The molecule has 0 aromatic heterocycles. The van der Waals surface area contributed by atoms with E-state index >= 15 is 0 Å². The molecule has 1 atom stereocenters. The van der Waals surface area contributed by atoms with Gasteiger partial charge in [-0.05, 0) is 38.0 Å². The summed E-state index contributed by atoms with van der Waals surface area (Å²) >= 11 is 0. The SMILES string of the molecule is CCC(C)NC(N)=NCC1CCC(C)CC1. The monoisotopic (exact) mass is 225 g/mol. The molecule has 0 spiro atoms. The summed E-state index contributed by atoms with van der Waals surface area (Å²) in [7, 11) is 0. The molecule has 3 heteroatoms. The van der Waals surface area contributed by atoms with E-state index in [1.165, 1.54) is 25.7 Å². The van der Waals surface area contributed by atoms with E-state index in [1.807, 2.05) is 0 Å². The molecule has 1 fully saturated rings. The Balaban J connectivity index is 2.24. The Kier molecular flexibility index (Phi) is 5.64. The Morgan fingerprint density at radius 2 is 2.00 bits per heavy atom. The fourth-order valence-corrected chi connectivity index (χ4v) is 2.14. The third-order valence-corrected chi connectivity index (χ3v) is 3.66. The van der Waals surface area contributed by atoms with E-state index in [0.29, 0.717) is 12.0 Å². The van der Waals surface area contributed by atoms with Crippen LogP contribution in [-0.4, -0.2) is 18.5 Å². The minimum Gasteiger partial charge on any atom is -0.370 e. The van der Waals surface area contributed by atoms with Gasteiger partial charge in [-0.1, -0.05) is 26.7 Å². The summed E-state index contributed by atoms with van der Waals surface area (Å²) in [4.78, 5) is 4.44. The van der Waals surface area contributed by atoms with Crippen molar-refractivity contribution in [3.63, 3.8) is 0 Å². The minimum atomic E-state index is 0.426. The zero-order chi connectivity index (χ0) is 12.0. The molecule has 1 aliphatic rings. The Labute approximate surface area is 99.9 Å². The normalized spacial score (nSPS) is 28.8. The average Bonchev–Trinajstić information content (AvgIpc) is 2.28. The number of hydrogen-bond donors (Lipinski definition) is 2. The van der Waals surface area contributed by atoms with E-state index in [4.69, 9.17) is 5.73 Å². The zero-order valence-electron chi connectivity index (χ0n) is 11.0. The summed E-state index contributed by atoms with van der Waals surface area (Å²) in [6.07, 6.45) is 6.44. The predicted octanol–water partition coefficient (Wildman–Crippen LogP) is 2.52. The number of nitrogens with two attached hydrogens (primary N) is 1. The number of nitrogens with one attached hydrogen (secondary N) is 1. The van der Waals surface area contributed by atoms with Crippen LogP contribution in [0.4, 0.5) is 0 Å². The van der Waals surface area contributed by atoms with Crippen LogP contribution in [0.5, 0.6) is 0 Å². The maximum atomic E-state index is 5.83. The van der Waals surface area contributed by atoms with Crippen LogP contribution in [-0.2, 0) is 0 Å². The number of guanidine groups is 1. The lowest BCUT2D eigenvalue weighted by Gasteiger charge is -2.25. The van der Waals surface area contributed by atoms with Crippen LogP contribution in [0.25, 0.3) is 0 Å². The maximum Gasteiger partial charge on any atom is 0.188 e. The fourth-order valence-electron chi connectivity index (χ4n) is 2.14. The first-order valence-corrected chi connectivity index (χ1v) is 6.68. The Morgan fingerprint density at radius 3 is 2.56 bits per heavy atom. The van der Waals surface area contributed by atoms with Crippen LogP contribution in [0.3, 0.4) is 0 Å². The van der Waals surface area contributed by atoms with Gasteiger partial charge in [-0.15, -0.1) is 0 Å². The van der Waals surface area contributed by atoms with Crippen molar-refractivity contribution in [1.29, 1.82) is 0 Å². The second-order valence-corrected chi connectivity index (χ2v) is 5.31. The van der Waals surface area contributed by atoms with Crippen LogP contribution in [0.1, 0.15) is 52.9 Å². The van der Waals surface area contributed by atoms with Crippen molar-refractivity contribution in [3.8, 4) is 0 Å². The molecule has 16 heavy (non-hydrogen) atoms. The maximum absolute atomic E-state index is 5.83. The number of hydrogen-bond acceptors (Lipinski definition) is 1. The van der Waals surface area contributed by atoms with Gasteiger partial charge in [0.05, 0.1) is 0 Å². The van der Waals surface area contributed by atoms with Crippen LogP contribution in [0.2, 0.25) is 0 Å². The molecular weight excluding hydrogens is 198 g/mol. The summed E-state index contributed by atoms with van der Waals surface area (Å²) < 4.78 is 0. The highest BCUT2D eigenvalue weighted by Crippen LogP contribution is 2.28. The van der Waals surface area contributed by atoms with E-state index in [1.54, 1.807) is 0 Å².